The van der Waals surface area contributed by atoms with Crippen molar-refractivity contribution in [2.24, 2.45) is 5.73 Å². The molecule has 0 bridgehead atoms. The second kappa shape index (κ2) is 5.62. The first-order chi connectivity index (χ1) is 8.49. The van der Waals surface area contributed by atoms with Gasteiger partial charge in [-0.3, -0.25) is 0 Å². The first-order valence-electron chi connectivity index (χ1n) is 5.49. The average molecular weight is 306 g/mol. The van der Waals surface area contributed by atoms with E-state index in [1.54, 1.807) is 6.07 Å². The van der Waals surface area contributed by atoms with Crippen LogP contribution in [0.1, 0.15) is 17.7 Å². The van der Waals surface area contributed by atoms with E-state index < -0.39 is 10.0 Å². The van der Waals surface area contributed by atoms with Crippen LogP contribution in [0.25, 0.3) is 0 Å². The minimum absolute atomic E-state index is 0.0564. The average Bonchev–Trinajstić information content (AvgIpc) is 2.79. The van der Waals surface area contributed by atoms with Crippen LogP contribution >= 0.6 is 23.6 Å². The molecule has 0 atom stereocenters. The summed E-state index contributed by atoms with van der Waals surface area (Å²) in [5.41, 5.74) is 5.46. The molecule has 0 aromatic carbocycles. The summed E-state index contributed by atoms with van der Waals surface area (Å²) in [5.74, 6) is 0. The molecule has 0 spiro atoms. The number of rotatable bonds is 4. The van der Waals surface area contributed by atoms with Gasteiger partial charge < -0.3 is 10.5 Å². The van der Waals surface area contributed by atoms with Crippen LogP contribution in [0.4, 0.5) is 0 Å². The minimum atomic E-state index is -3.47. The van der Waals surface area contributed by atoms with E-state index in [9.17, 15) is 8.42 Å². The lowest BCUT2D eigenvalue weighted by molar-refractivity contribution is 0.0832. The van der Waals surface area contributed by atoms with Crippen LogP contribution < -0.4 is 10.5 Å². The van der Waals surface area contributed by atoms with Gasteiger partial charge in [0.05, 0.1) is 4.88 Å². The second-order valence-electron chi connectivity index (χ2n) is 3.99. The highest BCUT2D eigenvalue weighted by molar-refractivity contribution is 7.91. The molecular formula is C10H14N2O3S3. The number of thiophene rings is 1. The molecule has 1 aromatic rings. The molecule has 2 rings (SSSR count). The lowest BCUT2D eigenvalue weighted by Gasteiger charge is -2.22. The number of hydrogen-bond acceptors (Lipinski definition) is 5. The maximum Gasteiger partial charge on any atom is 0.250 e. The van der Waals surface area contributed by atoms with Crippen LogP contribution in [0.3, 0.4) is 0 Å². The number of nitrogens with two attached hydrogens (primary N) is 1. The standard InChI is InChI=1S/C10H14N2O3S3/c11-10(16)8-1-2-9(17-8)18(13,14)12-7-3-5-15-6-4-7/h1-2,7,12H,3-6H2,(H2,11,16). The summed E-state index contributed by atoms with van der Waals surface area (Å²) in [7, 11) is -3.47. The Morgan fingerprint density at radius 2 is 2.11 bits per heavy atom. The summed E-state index contributed by atoms with van der Waals surface area (Å²) in [6.07, 6.45) is 1.40. The van der Waals surface area contributed by atoms with Crippen molar-refractivity contribution in [3.63, 3.8) is 0 Å². The fourth-order valence-corrected chi connectivity index (χ4v) is 4.36. The van der Waals surface area contributed by atoms with Gasteiger partial charge in [-0.25, -0.2) is 13.1 Å². The van der Waals surface area contributed by atoms with Gasteiger partial charge in [0.2, 0.25) is 10.0 Å². The van der Waals surface area contributed by atoms with Gasteiger partial charge in [0.25, 0.3) is 0 Å². The third kappa shape index (κ3) is 3.27. The SMILES string of the molecule is NC(=S)c1ccc(S(=O)(=O)NC2CCOCC2)s1. The van der Waals surface area contributed by atoms with Gasteiger partial charge in [-0.05, 0) is 25.0 Å². The number of sulfonamides is 1. The van der Waals surface area contributed by atoms with Gasteiger partial charge in [-0.1, -0.05) is 12.2 Å². The smallest absolute Gasteiger partial charge is 0.250 e. The Hall–Kier alpha value is -0.540. The van der Waals surface area contributed by atoms with Crippen molar-refractivity contribution in [3.05, 3.63) is 17.0 Å². The first-order valence-corrected chi connectivity index (χ1v) is 8.19. The topological polar surface area (TPSA) is 81.4 Å². The monoisotopic (exact) mass is 306 g/mol. The van der Waals surface area contributed by atoms with Crippen molar-refractivity contribution in [2.75, 3.05) is 13.2 Å². The molecule has 8 heteroatoms. The molecule has 0 unspecified atom stereocenters. The molecule has 2 heterocycles. The van der Waals surface area contributed by atoms with Crippen molar-refractivity contribution in [3.8, 4) is 0 Å². The van der Waals surface area contributed by atoms with E-state index in [1.807, 2.05) is 0 Å². The Labute approximate surface area is 115 Å². The number of hydrogen-bond donors (Lipinski definition) is 2. The molecule has 18 heavy (non-hydrogen) atoms. The van der Waals surface area contributed by atoms with E-state index in [0.29, 0.717) is 30.9 Å². The van der Waals surface area contributed by atoms with Gasteiger partial charge in [-0.2, -0.15) is 0 Å². The Bertz CT molecular complexity index is 532. The molecule has 3 N–H and O–H groups in total. The van der Waals surface area contributed by atoms with Gasteiger partial charge in [0.15, 0.2) is 0 Å². The molecule has 1 aromatic heterocycles. The minimum Gasteiger partial charge on any atom is -0.389 e. The summed E-state index contributed by atoms with van der Waals surface area (Å²) >= 11 is 5.90. The first kappa shape index (κ1) is 13.9. The van der Waals surface area contributed by atoms with E-state index in [-0.39, 0.29) is 15.2 Å². The van der Waals surface area contributed by atoms with E-state index in [0.717, 1.165) is 11.3 Å². The van der Waals surface area contributed by atoms with Crippen molar-refractivity contribution in [1.82, 2.24) is 4.72 Å². The van der Waals surface area contributed by atoms with Crippen LogP contribution in [0.2, 0.25) is 0 Å². The van der Waals surface area contributed by atoms with E-state index in [1.165, 1.54) is 6.07 Å². The zero-order valence-electron chi connectivity index (χ0n) is 9.59. The number of thiocarbonyl (C=S) groups is 1. The Balaban J connectivity index is 2.11. The predicted molar refractivity (Wildman–Crippen MR) is 74.4 cm³/mol. The van der Waals surface area contributed by atoms with E-state index >= 15 is 0 Å². The Morgan fingerprint density at radius 3 is 2.67 bits per heavy atom. The normalized spacial score (nSPS) is 17.8. The molecule has 1 aliphatic rings. The number of ether oxygens (including phenoxy) is 1. The molecule has 0 radical (unpaired) electrons. The van der Waals surface area contributed by atoms with Gasteiger partial charge >= 0.3 is 0 Å². The molecule has 0 saturated carbocycles. The van der Waals surface area contributed by atoms with E-state index in [2.05, 4.69) is 4.72 Å². The molecule has 1 fully saturated rings. The fraction of sp³-hybridized carbons (Fsp3) is 0.500. The van der Waals surface area contributed by atoms with Crippen LogP contribution in [0.5, 0.6) is 0 Å². The molecule has 100 valence electrons. The van der Waals surface area contributed by atoms with E-state index in [4.69, 9.17) is 22.7 Å². The summed E-state index contributed by atoms with van der Waals surface area (Å²) in [4.78, 5) is 0.824. The quantitative estimate of drug-likeness (QED) is 0.806. The highest BCUT2D eigenvalue weighted by Crippen LogP contribution is 2.22. The Morgan fingerprint density at radius 1 is 1.44 bits per heavy atom. The lowest BCUT2D eigenvalue weighted by atomic mass is 10.1. The zero-order chi connectivity index (χ0) is 13.2. The lowest BCUT2D eigenvalue weighted by Crippen LogP contribution is -2.38. The third-order valence-electron chi connectivity index (χ3n) is 2.63. The van der Waals surface area contributed by atoms with Crippen LogP contribution in [-0.4, -0.2) is 32.7 Å². The maximum atomic E-state index is 12.1. The van der Waals surface area contributed by atoms with Gasteiger partial charge in [0, 0.05) is 19.3 Å². The van der Waals surface area contributed by atoms with Crippen molar-refractivity contribution in [2.45, 2.75) is 23.1 Å². The largest absolute Gasteiger partial charge is 0.389 e. The van der Waals surface area contributed by atoms with Crippen molar-refractivity contribution in [1.29, 1.82) is 0 Å². The summed E-state index contributed by atoms with van der Waals surface area (Å²) < 4.78 is 32.3. The number of nitrogens with one attached hydrogen (secondary N) is 1. The van der Waals surface area contributed by atoms with Gasteiger partial charge in [0.1, 0.15) is 9.20 Å². The molecular weight excluding hydrogens is 292 g/mol. The van der Waals surface area contributed by atoms with Crippen molar-refractivity contribution >= 4 is 38.6 Å². The third-order valence-corrected chi connectivity index (χ3v) is 6.11. The summed E-state index contributed by atoms with van der Waals surface area (Å²) in [6.45, 7) is 1.19. The van der Waals surface area contributed by atoms with Crippen LogP contribution in [0, 0.1) is 0 Å². The van der Waals surface area contributed by atoms with Crippen molar-refractivity contribution < 1.29 is 13.2 Å². The van der Waals surface area contributed by atoms with Crippen LogP contribution in [-0.2, 0) is 14.8 Å². The van der Waals surface area contributed by atoms with Crippen LogP contribution in [0.15, 0.2) is 16.3 Å². The highest BCUT2D eigenvalue weighted by Gasteiger charge is 2.23. The predicted octanol–water partition coefficient (Wildman–Crippen LogP) is 0.840. The zero-order valence-corrected chi connectivity index (χ0v) is 12.0. The molecule has 5 nitrogen and oxygen atoms in total. The summed E-state index contributed by atoms with van der Waals surface area (Å²) in [6, 6.07) is 3.10. The second-order valence-corrected chi connectivity index (χ2v) is 7.46. The molecule has 1 saturated heterocycles. The summed E-state index contributed by atoms with van der Waals surface area (Å²) in [5, 5.41) is 0. The molecule has 1 aliphatic heterocycles. The maximum absolute atomic E-state index is 12.1. The highest BCUT2D eigenvalue weighted by atomic mass is 32.2. The van der Waals surface area contributed by atoms with Gasteiger partial charge in [-0.15, -0.1) is 11.3 Å². The molecule has 0 aliphatic carbocycles. The Kier molecular flexibility index (Phi) is 4.33. The fourth-order valence-electron chi connectivity index (χ4n) is 1.69. The molecule has 0 amide bonds.